The van der Waals surface area contributed by atoms with Gasteiger partial charge >= 0.3 is 11.9 Å². The second kappa shape index (κ2) is 4.63. The Morgan fingerprint density at radius 1 is 1.06 bits per heavy atom. The summed E-state index contributed by atoms with van der Waals surface area (Å²) in [5.41, 5.74) is 5.53. The lowest BCUT2D eigenvalue weighted by atomic mass is 9.92. The smallest absolute Gasteiger partial charge is 0.321 e. The summed E-state index contributed by atoms with van der Waals surface area (Å²) in [7, 11) is 0. The monoisotopic (exact) mass is 225 g/mol. The second-order valence-electron chi connectivity index (χ2n) is 3.27. The van der Waals surface area contributed by atoms with E-state index >= 15 is 0 Å². The van der Waals surface area contributed by atoms with Crippen LogP contribution in [0.4, 0.5) is 0 Å². The normalized spacial score (nSPS) is 14.1. The van der Waals surface area contributed by atoms with Gasteiger partial charge in [-0.15, -0.1) is 0 Å². The Balaban J connectivity index is 3.07. The molecule has 16 heavy (non-hydrogen) atoms. The van der Waals surface area contributed by atoms with E-state index in [0.717, 1.165) is 0 Å². The van der Waals surface area contributed by atoms with Gasteiger partial charge in [0.15, 0.2) is 0 Å². The average Bonchev–Trinajstić information content (AvgIpc) is 2.20. The first kappa shape index (κ1) is 12.0. The van der Waals surface area contributed by atoms with Crippen LogP contribution in [-0.4, -0.2) is 33.3 Å². The molecule has 6 nitrogen and oxygen atoms in total. The van der Waals surface area contributed by atoms with E-state index in [2.05, 4.69) is 0 Å². The van der Waals surface area contributed by atoms with Crippen molar-refractivity contribution in [2.75, 3.05) is 0 Å². The van der Waals surface area contributed by atoms with Gasteiger partial charge in [0.1, 0.15) is 17.7 Å². The molecule has 1 aromatic carbocycles. The van der Waals surface area contributed by atoms with Gasteiger partial charge in [0, 0.05) is 0 Å². The van der Waals surface area contributed by atoms with Crippen molar-refractivity contribution in [2.24, 2.45) is 5.73 Å². The first-order valence-corrected chi connectivity index (χ1v) is 4.43. The summed E-state index contributed by atoms with van der Waals surface area (Å²) >= 11 is 0. The third kappa shape index (κ3) is 2.48. The molecule has 0 amide bonds. The molecule has 0 heterocycles. The fourth-order valence-electron chi connectivity index (χ4n) is 1.33. The molecule has 0 spiro atoms. The fourth-order valence-corrected chi connectivity index (χ4v) is 1.33. The zero-order chi connectivity index (χ0) is 12.3. The Morgan fingerprint density at radius 2 is 1.56 bits per heavy atom. The number of nitrogens with two attached hydrogens (primary N) is 1. The maximum Gasteiger partial charge on any atom is 0.321 e. The van der Waals surface area contributed by atoms with Crippen molar-refractivity contribution < 1.29 is 24.9 Å². The van der Waals surface area contributed by atoms with Crippen molar-refractivity contribution in [2.45, 2.75) is 12.0 Å². The second-order valence-corrected chi connectivity index (χ2v) is 3.27. The van der Waals surface area contributed by atoms with Crippen molar-refractivity contribution in [3.63, 3.8) is 0 Å². The van der Waals surface area contributed by atoms with E-state index in [-0.39, 0.29) is 11.3 Å². The molecule has 0 saturated heterocycles. The molecule has 0 fully saturated rings. The number of hydrogen-bond donors (Lipinski definition) is 4. The Bertz CT molecular complexity index is 400. The summed E-state index contributed by atoms with van der Waals surface area (Å²) in [5.74, 6) is -4.07. The zero-order valence-corrected chi connectivity index (χ0v) is 8.20. The van der Waals surface area contributed by atoms with Gasteiger partial charge < -0.3 is 21.1 Å². The topological polar surface area (TPSA) is 121 Å². The van der Waals surface area contributed by atoms with E-state index in [1.165, 1.54) is 24.3 Å². The van der Waals surface area contributed by atoms with Gasteiger partial charge in [-0.2, -0.15) is 0 Å². The highest BCUT2D eigenvalue weighted by molar-refractivity contribution is 5.86. The minimum absolute atomic E-state index is 0.0308. The highest BCUT2D eigenvalue weighted by Crippen LogP contribution is 2.21. The van der Waals surface area contributed by atoms with Gasteiger partial charge in [-0.05, 0) is 17.7 Å². The summed E-state index contributed by atoms with van der Waals surface area (Å²) in [6.45, 7) is 0. The molecule has 0 aliphatic rings. The van der Waals surface area contributed by atoms with Gasteiger partial charge in [0.25, 0.3) is 0 Å². The van der Waals surface area contributed by atoms with Gasteiger partial charge in [0.05, 0.1) is 0 Å². The lowest BCUT2D eigenvalue weighted by molar-refractivity contribution is -0.146. The van der Waals surface area contributed by atoms with Crippen LogP contribution in [0.25, 0.3) is 0 Å². The van der Waals surface area contributed by atoms with E-state index in [1.54, 1.807) is 0 Å². The number of aromatic hydroxyl groups is 1. The third-order valence-corrected chi connectivity index (χ3v) is 2.16. The van der Waals surface area contributed by atoms with Crippen molar-refractivity contribution in [3.8, 4) is 5.75 Å². The maximum atomic E-state index is 10.9. The van der Waals surface area contributed by atoms with Crippen molar-refractivity contribution in [1.82, 2.24) is 0 Å². The van der Waals surface area contributed by atoms with Crippen LogP contribution in [-0.2, 0) is 9.59 Å². The van der Waals surface area contributed by atoms with Gasteiger partial charge in [-0.3, -0.25) is 9.59 Å². The van der Waals surface area contributed by atoms with Gasteiger partial charge in [0.2, 0.25) is 0 Å². The number of aliphatic carboxylic acids is 2. The van der Waals surface area contributed by atoms with Crippen LogP contribution in [0, 0.1) is 0 Å². The molecule has 0 aliphatic heterocycles. The van der Waals surface area contributed by atoms with Crippen LogP contribution in [0.5, 0.6) is 5.75 Å². The molecule has 0 aliphatic carbocycles. The fraction of sp³-hybridized carbons (Fsp3) is 0.200. The third-order valence-electron chi connectivity index (χ3n) is 2.16. The lowest BCUT2D eigenvalue weighted by Crippen LogP contribution is -2.40. The van der Waals surface area contributed by atoms with Crippen LogP contribution >= 0.6 is 0 Å². The Hall–Kier alpha value is -2.08. The number of hydrogen-bond acceptors (Lipinski definition) is 4. The molecule has 5 N–H and O–H groups in total. The minimum Gasteiger partial charge on any atom is -0.508 e. The summed E-state index contributed by atoms with van der Waals surface area (Å²) in [6, 6.07) is 3.69. The van der Waals surface area contributed by atoms with E-state index in [1.807, 2.05) is 0 Å². The first-order valence-electron chi connectivity index (χ1n) is 4.43. The largest absolute Gasteiger partial charge is 0.508 e. The summed E-state index contributed by atoms with van der Waals surface area (Å²) in [4.78, 5) is 21.6. The SMILES string of the molecule is NC(C(=O)O)C(C(=O)O)c1ccc(O)cc1. The first-order chi connectivity index (χ1) is 7.43. The highest BCUT2D eigenvalue weighted by atomic mass is 16.4. The number of phenols is 1. The number of carboxylic acids is 2. The summed E-state index contributed by atoms with van der Waals surface area (Å²) < 4.78 is 0. The number of carboxylic acid groups (broad SMARTS) is 2. The molecule has 0 saturated carbocycles. The molecule has 6 heteroatoms. The van der Waals surface area contributed by atoms with E-state index in [4.69, 9.17) is 21.1 Å². The van der Waals surface area contributed by atoms with E-state index in [9.17, 15) is 9.59 Å². The Labute approximate surface area is 90.9 Å². The van der Waals surface area contributed by atoms with Crippen LogP contribution in [0.1, 0.15) is 11.5 Å². The molecule has 2 atom stereocenters. The maximum absolute atomic E-state index is 10.9. The molecule has 0 radical (unpaired) electrons. The molecular formula is C10H11NO5. The van der Waals surface area contributed by atoms with Crippen molar-refractivity contribution in [3.05, 3.63) is 29.8 Å². The van der Waals surface area contributed by atoms with E-state index < -0.39 is 23.9 Å². The van der Waals surface area contributed by atoms with E-state index in [0.29, 0.717) is 0 Å². The average molecular weight is 225 g/mol. The molecule has 86 valence electrons. The van der Waals surface area contributed by atoms with Gasteiger partial charge in [-0.1, -0.05) is 12.1 Å². The molecule has 2 unspecified atom stereocenters. The molecular weight excluding hydrogens is 214 g/mol. The molecule has 0 aromatic heterocycles. The van der Waals surface area contributed by atoms with Crippen molar-refractivity contribution in [1.29, 1.82) is 0 Å². The summed E-state index contributed by atoms with van der Waals surface area (Å²) in [6.07, 6.45) is 0. The number of benzene rings is 1. The highest BCUT2D eigenvalue weighted by Gasteiger charge is 2.31. The Morgan fingerprint density at radius 3 is 1.94 bits per heavy atom. The predicted octanol–water partition coefficient (Wildman–Crippen LogP) is -0.0277. The predicted molar refractivity (Wildman–Crippen MR) is 54.1 cm³/mol. The minimum atomic E-state index is -1.53. The quantitative estimate of drug-likeness (QED) is 0.571. The van der Waals surface area contributed by atoms with Crippen LogP contribution < -0.4 is 5.73 Å². The molecule has 1 aromatic rings. The lowest BCUT2D eigenvalue weighted by Gasteiger charge is -2.16. The zero-order valence-electron chi connectivity index (χ0n) is 8.20. The molecule has 0 bridgehead atoms. The van der Waals surface area contributed by atoms with Crippen molar-refractivity contribution >= 4 is 11.9 Å². The standard InChI is InChI=1S/C10H11NO5/c11-8(10(15)16)7(9(13)14)5-1-3-6(12)4-2-5/h1-4,7-8,12H,11H2,(H,13,14)(H,15,16). The number of rotatable bonds is 4. The van der Waals surface area contributed by atoms with Crippen LogP contribution in [0.2, 0.25) is 0 Å². The Kier molecular flexibility index (Phi) is 3.47. The van der Waals surface area contributed by atoms with Crippen LogP contribution in [0.3, 0.4) is 0 Å². The molecule has 1 rings (SSSR count). The number of carbonyl (C=O) groups is 2. The van der Waals surface area contributed by atoms with Crippen LogP contribution in [0.15, 0.2) is 24.3 Å². The summed E-state index contributed by atoms with van der Waals surface area (Å²) in [5, 5.41) is 26.6. The van der Waals surface area contributed by atoms with Gasteiger partial charge in [-0.25, -0.2) is 0 Å². The number of phenolic OH excluding ortho intramolecular Hbond substituents is 1.